The summed E-state index contributed by atoms with van der Waals surface area (Å²) in [6.07, 6.45) is 1.06. The van der Waals surface area contributed by atoms with Gasteiger partial charge in [-0.05, 0) is 38.5 Å². The Morgan fingerprint density at radius 3 is 2.47 bits per heavy atom. The van der Waals surface area contributed by atoms with Crippen LogP contribution in [0.25, 0.3) is 0 Å². The van der Waals surface area contributed by atoms with Crippen LogP contribution < -0.4 is 9.47 Å². The van der Waals surface area contributed by atoms with Crippen LogP contribution in [0.4, 0.5) is 0 Å². The van der Waals surface area contributed by atoms with Gasteiger partial charge in [0.25, 0.3) is 0 Å². The average molecular weight is 236 g/mol. The zero-order chi connectivity index (χ0) is 11.8. The fourth-order valence-electron chi connectivity index (χ4n) is 2.25. The summed E-state index contributed by atoms with van der Waals surface area (Å²) in [5, 5.41) is 0. The van der Waals surface area contributed by atoms with Crippen molar-refractivity contribution in [1.82, 2.24) is 0 Å². The Labute approximate surface area is 100 Å². The van der Waals surface area contributed by atoms with Crippen LogP contribution in [0.1, 0.15) is 32.1 Å². The topological polar surface area (TPSA) is 36.9 Å². The minimum absolute atomic E-state index is 0.217. The number of ether oxygens (including phenoxy) is 4. The minimum atomic E-state index is -0.303. The van der Waals surface area contributed by atoms with Crippen molar-refractivity contribution < 1.29 is 18.9 Å². The molecule has 2 aliphatic rings. The van der Waals surface area contributed by atoms with Crippen LogP contribution in [-0.2, 0) is 9.47 Å². The molecule has 0 N–H and O–H groups in total. The van der Waals surface area contributed by atoms with Crippen molar-refractivity contribution in [3.8, 4) is 11.5 Å². The zero-order valence-electron chi connectivity index (χ0n) is 10.0. The summed E-state index contributed by atoms with van der Waals surface area (Å²) in [5.41, 5.74) is 0.979. The molecule has 0 bridgehead atoms. The van der Waals surface area contributed by atoms with Gasteiger partial charge in [0, 0.05) is 5.56 Å². The Morgan fingerprint density at radius 2 is 1.71 bits per heavy atom. The Balaban J connectivity index is 1.83. The Kier molecular flexibility index (Phi) is 2.68. The lowest BCUT2D eigenvalue weighted by atomic mass is 10.1. The van der Waals surface area contributed by atoms with E-state index in [0.717, 1.165) is 23.5 Å². The van der Waals surface area contributed by atoms with E-state index in [1.54, 1.807) is 0 Å². The maximum Gasteiger partial charge on any atom is 0.231 e. The first kappa shape index (κ1) is 10.9. The summed E-state index contributed by atoms with van der Waals surface area (Å²) in [6, 6.07) is 5.79. The molecule has 1 saturated heterocycles. The molecule has 4 heteroatoms. The smallest absolute Gasteiger partial charge is 0.231 e. The molecule has 0 radical (unpaired) electrons. The molecule has 0 saturated carbocycles. The van der Waals surface area contributed by atoms with E-state index < -0.39 is 0 Å². The van der Waals surface area contributed by atoms with Gasteiger partial charge in [0.05, 0.1) is 12.2 Å². The predicted molar refractivity (Wildman–Crippen MR) is 61.0 cm³/mol. The molecule has 2 atom stereocenters. The van der Waals surface area contributed by atoms with Gasteiger partial charge in [0.1, 0.15) is 0 Å². The van der Waals surface area contributed by atoms with Gasteiger partial charge >= 0.3 is 0 Å². The normalized spacial score (nSPS) is 31.5. The number of rotatable bonds is 1. The third-order valence-corrected chi connectivity index (χ3v) is 3.04. The van der Waals surface area contributed by atoms with Crippen LogP contribution in [0, 0.1) is 0 Å². The second-order valence-corrected chi connectivity index (χ2v) is 4.57. The second kappa shape index (κ2) is 4.20. The highest BCUT2D eigenvalue weighted by Gasteiger charge is 2.27. The highest BCUT2D eigenvalue weighted by Crippen LogP contribution is 2.37. The molecule has 0 aromatic heterocycles. The first-order valence-electron chi connectivity index (χ1n) is 5.93. The SMILES string of the molecule is CC1CC(C)OC(c2ccc3c(c2)OCO3)O1. The van der Waals surface area contributed by atoms with Crippen molar-refractivity contribution >= 4 is 0 Å². The van der Waals surface area contributed by atoms with E-state index in [-0.39, 0.29) is 25.3 Å². The van der Waals surface area contributed by atoms with Crippen LogP contribution in [0.2, 0.25) is 0 Å². The maximum atomic E-state index is 5.78. The average Bonchev–Trinajstić information content (AvgIpc) is 2.74. The second-order valence-electron chi connectivity index (χ2n) is 4.57. The monoisotopic (exact) mass is 236 g/mol. The first-order valence-corrected chi connectivity index (χ1v) is 5.93. The van der Waals surface area contributed by atoms with Crippen molar-refractivity contribution in [3.05, 3.63) is 23.8 Å². The van der Waals surface area contributed by atoms with Gasteiger partial charge in [-0.1, -0.05) is 0 Å². The lowest BCUT2D eigenvalue weighted by molar-refractivity contribution is -0.239. The highest BCUT2D eigenvalue weighted by atomic mass is 16.7. The van der Waals surface area contributed by atoms with Crippen LogP contribution in [0.5, 0.6) is 11.5 Å². The van der Waals surface area contributed by atoms with Crippen molar-refractivity contribution in [2.24, 2.45) is 0 Å². The lowest BCUT2D eigenvalue weighted by Gasteiger charge is -2.32. The van der Waals surface area contributed by atoms with E-state index in [4.69, 9.17) is 18.9 Å². The van der Waals surface area contributed by atoms with E-state index >= 15 is 0 Å². The fourth-order valence-corrected chi connectivity index (χ4v) is 2.25. The summed E-state index contributed by atoms with van der Waals surface area (Å²) in [4.78, 5) is 0. The van der Waals surface area contributed by atoms with Gasteiger partial charge < -0.3 is 18.9 Å². The molecule has 1 aromatic rings. The summed E-state index contributed by atoms with van der Waals surface area (Å²) >= 11 is 0. The number of benzene rings is 1. The van der Waals surface area contributed by atoms with E-state index in [0.29, 0.717) is 0 Å². The standard InChI is InChI=1S/C13H16O4/c1-8-5-9(2)17-13(16-8)10-3-4-11-12(6-10)15-7-14-11/h3-4,6,8-9,13H,5,7H2,1-2H3. The van der Waals surface area contributed by atoms with Crippen LogP contribution >= 0.6 is 0 Å². The molecule has 17 heavy (non-hydrogen) atoms. The van der Waals surface area contributed by atoms with Crippen molar-refractivity contribution in [2.45, 2.75) is 38.8 Å². The summed E-state index contributed by atoms with van der Waals surface area (Å²) < 4.78 is 22.2. The predicted octanol–water partition coefficient (Wildman–Crippen LogP) is 2.63. The van der Waals surface area contributed by atoms with Gasteiger partial charge in [-0.25, -0.2) is 0 Å². The van der Waals surface area contributed by atoms with E-state index in [1.807, 2.05) is 18.2 Å². The van der Waals surface area contributed by atoms with E-state index in [1.165, 1.54) is 0 Å². The van der Waals surface area contributed by atoms with Gasteiger partial charge in [-0.3, -0.25) is 0 Å². The Bertz CT molecular complexity index is 408. The molecule has 92 valence electrons. The quantitative estimate of drug-likeness (QED) is 0.751. The van der Waals surface area contributed by atoms with Gasteiger partial charge in [0.15, 0.2) is 17.8 Å². The molecular weight excluding hydrogens is 220 g/mol. The van der Waals surface area contributed by atoms with Crippen LogP contribution in [0.15, 0.2) is 18.2 Å². The van der Waals surface area contributed by atoms with Crippen LogP contribution in [0.3, 0.4) is 0 Å². The molecule has 2 heterocycles. The molecule has 1 fully saturated rings. The third-order valence-electron chi connectivity index (χ3n) is 3.04. The van der Waals surface area contributed by atoms with E-state index in [9.17, 15) is 0 Å². The van der Waals surface area contributed by atoms with E-state index in [2.05, 4.69) is 13.8 Å². The molecule has 3 rings (SSSR count). The highest BCUT2D eigenvalue weighted by molar-refractivity contribution is 5.44. The third kappa shape index (κ3) is 2.10. The number of hydrogen-bond donors (Lipinski definition) is 0. The first-order chi connectivity index (χ1) is 8.22. The van der Waals surface area contributed by atoms with Crippen molar-refractivity contribution in [2.75, 3.05) is 6.79 Å². The largest absolute Gasteiger partial charge is 0.454 e. The molecule has 1 aromatic carbocycles. The molecule has 4 nitrogen and oxygen atoms in total. The van der Waals surface area contributed by atoms with Gasteiger partial charge in [0.2, 0.25) is 6.79 Å². The molecular formula is C13H16O4. The maximum absolute atomic E-state index is 5.78. The van der Waals surface area contributed by atoms with Gasteiger partial charge in [-0.15, -0.1) is 0 Å². The molecule has 0 spiro atoms. The number of hydrogen-bond acceptors (Lipinski definition) is 4. The minimum Gasteiger partial charge on any atom is -0.454 e. The van der Waals surface area contributed by atoms with Crippen molar-refractivity contribution in [3.63, 3.8) is 0 Å². The lowest BCUT2D eigenvalue weighted by Crippen LogP contribution is -2.30. The summed E-state index contributed by atoms with van der Waals surface area (Å²) in [5.74, 6) is 1.55. The van der Waals surface area contributed by atoms with Crippen LogP contribution in [-0.4, -0.2) is 19.0 Å². The number of fused-ring (bicyclic) bond motifs is 1. The zero-order valence-corrected chi connectivity index (χ0v) is 10.0. The molecule has 0 aliphatic carbocycles. The summed E-state index contributed by atoms with van der Waals surface area (Å²) in [7, 11) is 0. The Hall–Kier alpha value is -1.26. The Morgan fingerprint density at radius 1 is 1.00 bits per heavy atom. The molecule has 0 amide bonds. The fraction of sp³-hybridized carbons (Fsp3) is 0.538. The summed E-state index contributed by atoms with van der Waals surface area (Å²) in [6.45, 7) is 4.43. The van der Waals surface area contributed by atoms with Crippen molar-refractivity contribution in [1.29, 1.82) is 0 Å². The van der Waals surface area contributed by atoms with Gasteiger partial charge in [-0.2, -0.15) is 0 Å². The molecule has 2 aliphatic heterocycles. The molecule has 2 unspecified atom stereocenters.